The molecule has 0 aromatic heterocycles. The first-order chi connectivity index (χ1) is 11.1. The normalized spacial score (nSPS) is 15.4. The second-order valence-electron chi connectivity index (χ2n) is 4.99. The van der Waals surface area contributed by atoms with Crippen LogP contribution in [0.2, 0.25) is 0 Å². The van der Waals surface area contributed by atoms with Gasteiger partial charge in [0.2, 0.25) is 10.0 Å². The SMILES string of the molecule is O=C(O)CCC(C(=O)O)C(CNS(=O)(=O)c1ccccc1)[PH](=O)O. The lowest BCUT2D eigenvalue weighted by molar-refractivity contribution is -0.143. The maximum Gasteiger partial charge on any atom is 0.307 e. The number of hydrogen-bond acceptors (Lipinski definition) is 5. The van der Waals surface area contributed by atoms with Crippen molar-refractivity contribution in [2.45, 2.75) is 23.4 Å². The molecule has 1 aromatic carbocycles. The van der Waals surface area contributed by atoms with Crippen molar-refractivity contribution in [2.24, 2.45) is 5.92 Å². The molecule has 0 radical (unpaired) electrons. The van der Waals surface area contributed by atoms with Gasteiger partial charge in [0.1, 0.15) is 0 Å². The Morgan fingerprint density at radius 2 is 1.75 bits per heavy atom. The van der Waals surface area contributed by atoms with Gasteiger partial charge in [0, 0.05) is 13.0 Å². The van der Waals surface area contributed by atoms with Crippen molar-refractivity contribution in [2.75, 3.05) is 6.54 Å². The standard InChI is InChI=1S/C13H18NO8PS/c15-12(16)7-6-10(13(17)18)11(23(19)20)8-14-24(21,22)9-4-2-1-3-5-9/h1-5,10-11,14,23H,6-8H2,(H,15,16)(H,17,18)(H,19,20). The van der Waals surface area contributed by atoms with Gasteiger partial charge in [0.25, 0.3) is 0 Å². The van der Waals surface area contributed by atoms with Crippen LogP contribution < -0.4 is 4.72 Å². The van der Waals surface area contributed by atoms with Crippen LogP contribution in [-0.2, 0) is 24.2 Å². The predicted octanol–water partition coefficient (Wildman–Crippen LogP) is 0.366. The number of sulfonamides is 1. The van der Waals surface area contributed by atoms with Crippen LogP contribution in [0.4, 0.5) is 0 Å². The summed E-state index contributed by atoms with van der Waals surface area (Å²) in [7, 11) is -7.39. The molecule has 3 atom stereocenters. The van der Waals surface area contributed by atoms with Crippen LogP contribution in [0.15, 0.2) is 35.2 Å². The molecule has 0 bridgehead atoms. The highest BCUT2D eigenvalue weighted by Crippen LogP contribution is 2.32. The first-order valence-electron chi connectivity index (χ1n) is 6.87. The predicted molar refractivity (Wildman–Crippen MR) is 84.6 cm³/mol. The average molecular weight is 379 g/mol. The van der Waals surface area contributed by atoms with Crippen molar-refractivity contribution in [3.63, 3.8) is 0 Å². The molecule has 0 aliphatic rings. The lowest BCUT2D eigenvalue weighted by Gasteiger charge is -2.21. The molecular weight excluding hydrogens is 361 g/mol. The Labute approximate surface area is 139 Å². The molecular formula is C13H18NO8PS. The molecule has 0 aliphatic carbocycles. The Morgan fingerprint density at radius 1 is 1.17 bits per heavy atom. The summed E-state index contributed by atoms with van der Waals surface area (Å²) in [5.74, 6) is -4.15. The lowest BCUT2D eigenvalue weighted by atomic mass is 9.99. The smallest absolute Gasteiger partial charge is 0.307 e. The third-order valence-electron chi connectivity index (χ3n) is 3.34. The van der Waals surface area contributed by atoms with E-state index < -0.39 is 54.5 Å². The number of hydrogen-bond donors (Lipinski definition) is 4. The highest BCUT2D eigenvalue weighted by atomic mass is 32.2. The molecule has 11 heteroatoms. The number of carboxylic acids is 2. The molecule has 0 amide bonds. The molecule has 9 nitrogen and oxygen atoms in total. The molecule has 0 heterocycles. The van der Waals surface area contributed by atoms with E-state index in [9.17, 15) is 27.5 Å². The number of aliphatic carboxylic acids is 2. The van der Waals surface area contributed by atoms with Crippen LogP contribution in [0, 0.1) is 5.92 Å². The molecule has 0 saturated carbocycles. The van der Waals surface area contributed by atoms with Gasteiger partial charge >= 0.3 is 11.9 Å². The third-order valence-corrected chi connectivity index (χ3v) is 6.02. The summed E-state index contributed by atoms with van der Waals surface area (Å²) in [6, 6.07) is 7.24. The maximum atomic E-state index is 12.1. The Bertz CT molecular complexity index is 706. The Hall–Kier alpha value is -1.74. The lowest BCUT2D eigenvalue weighted by Crippen LogP contribution is -2.37. The monoisotopic (exact) mass is 379 g/mol. The molecule has 0 spiro atoms. The maximum absolute atomic E-state index is 12.1. The van der Waals surface area contributed by atoms with E-state index in [1.807, 2.05) is 0 Å². The van der Waals surface area contributed by atoms with E-state index in [0.29, 0.717) is 0 Å². The van der Waals surface area contributed by atoms with Crippen LogP contribution >= 0.6 is 8.03 Å². The van der Waals surface area contributed by atoms with Gasteiger partial charge in [-0.25, -0.2) is 13.1 Å². The van der Waals surface area contributed by atoms with Gasteiger partial charge in [-0.3, -0.25) is 14.2 Å². The second-order valence-corrected chi connectivity index (χ2v) is 8.17. The quantitative estimate of drug-likeness (QED) is 0.424. The second kappa shape index (κ2) is 8.93. The van der Waals surface area contributed by atoms with Crippen molar-refractivity contribution in [1.82, 2.24) is 4.72 Å². The van der Waals surface area contributed by atoms with Crippen LogP contribution in [-0.4, -0.2) is 47.7 Å². The molecule has 134 valence electrons. The molecule has 4 N–H and O–H groups in total. The number of carbonyl (C=O) groups is 2. The van der Waals surface area contributed by atoms with Gasteiger partial charge in [-0.1, -0.05) is 18.2 Å². The fourth-order valence-electron chi connectivity index (χ4n) is 2.06. The highest BCUT2D eigenvalue weighted by Gasteiger charge is 2.33. The zero-order valence-electron chi connectivity index (χ0n) is 12.5. The molecule has 1 rings (SSSR count). The van der Waals surface area contributed by atoms with E-state index in [1.54, 1.807) is 6.07 Å². The van der Waals surface area contributed by atoms with Crippen LogP contribution in [0.25, 0.3) is 0 Å². The van der Waals surface area contributed by atoms with E-state index in [-0.39, 0.29) is 11.3 Å². The largest absolute Gasteiger partial charge is 0.481 e. The summed E-state index contributed by atoms with van der Waals surface area (Å²) in [5, 5.41) is 17.8. The van der Waals surface area contributed by atoms with E-state index >= 15 is 0 Å². The average Bonchev–Trinajstić information content (AvgIpc) is 2.50. The zero-order chi connectivity index (χ0) is 18.3. The minimum atomic E-state index is -3.97. The van der Waals surface area contributed by atoms with Gasteiger partial charge in [-0.15, -0.1) is 0 Å². The van der Waals surface area contributed by atoms with Gasteiger partial charge in [-0.2, -0.15) is 0 Å². The van der Waals surface area contributed by atoms with Crippen molar-refractivity contribution < 1.29 is 37.7 Å². The highest BCUT2D eigenvalue weighted by molar-refractivity contribution is 7.89. The number of nitrogens with one attached hydrogen (secondary N) is 1. The van der Waals surface area contributed by atoms with Gasteiger partial charge < -0.3 is 15.1 Å². The van der Waals surface area contributed by atoms with E-state index in [4.69, 9.17) is 10.2 Å². The van der Waals surface area contributed by atoms with Gasteiger partial charge in [0.15, 0.2) is 8.03 Å². The molecule has 0 fully saturated rings. The van der Waals surface area contributed by atoms with E-state index in [0.717, 1.165) is 0 Å². The molecule has 3 unspecified atom stereocenters. The van der Waals surface area contributed by atoms with Crippen molar-refractivity contribution in [3.8, 4) is 0 Å². The molecule has 0 saturated heterocycles. The fourth-order valence-corrected chi connectivity index (χ4v) is 4.22. The summed E-state index contributed by atoms with van der Waals surface area (Å²) in [4.78, 5) is 31.1. The van der Waals surface area contributed by atoms with Crippen LogP contribution in [0.1, 0.15) is 12.8 Å². The van der Waals surface area contributed by atoms with Crippen LogP contribution in [0.5, 0.6) is 0 Å². The first-order valence-corrected chi connectivity index (χ1v) is 9.79. The number of benzene rings is 1. The van der Waals surface area contributed by atoms with Crippen molar-refractivity contribution in [3.05, 3.63) is 30.3 Å². The fraction of sp³-hybridized carbons (Fsp3) is 0.385. The summed E-state index contributed by atoms with van der Waals surface area (Å²) in [6.45, 7) is -0.581. The van der Waals surface area contributed by atoms with E-state index in [1.165, 1.54) is 24.3 Å². The Morgan fingerprint density at radius 3 is 2.21 bits per heavy atom. The molecule has 1 aromatic rings. The molecule has 24 heavy (non-hydrogen) atoms. The van der Waals surface area contributed by atoms with Gasteiger partial charge in [0.05, 0.1) is 16.5 Å². The Balaban J connectivity index is 2.90. The number of rotatable bonds is 10. The zero-order valence-corrected chi connectivity index (χ0v) is 14.3. The molecule has 0 aliphatic heterocycles. The van der Waals surface area contributed by atoms with Crippen LogP contribution in [0.3, 0.4) is 0 Å². The minimum Gasteiger partial charge on any atom is -0.481 e. The minimum absolute atomic E-state index is 0.0706. The first kappa shape index (κ1) is 20.3. The third kappa shape index (κ3) is 6.04. The number of carboxylic acid groups (broad SMARTS) is 2. The van der Waals surface area contributed by atoms with Crippen molar-refractivity contribution in [1.29, 1.82) is 0 Å². The summed E-state index contributed by atoms with van der Waals surface area (Å²) in [5.41, 5.74) is -1.41. The summed E-state index contributed by atoms with van der Waals surface area (Å²) in [6.07, 6.45) is -0.882. The van der Waals surface area contributed by atoms with Crippen molar-refractivity contribution >= 4 is 30.0 Å². The summed E-state index contributed by atoms with van der Waals surface area (Å²) < 4.78 is 37.8. The van der Waals surface area contributed by atoms with Gasteiger partial charge in [-0.05, 0) is 18.6 Å². The topological polar surface area (TPSA) is 158 Å². The Kier molecular flexibility index (Phi) is 7.56. The summed E-state index contributed by atoms with van der Waals surface area (Å²) >= 11 is 0. The van der Waals surface area contributed by atoms with E-state index in [2.05, 4.69) is 4.72 Å².